The number of fused-ring (bicyclic) bond motifs is 1. The zero-order chi connectivity index (χ0) is 13.0. The summed E-state index contributed by atoms with van der Waals surface area (Å²) in [6, 6.07) is 7.09. The molecule has 0 radical (unpaired) electrons. The third-order valence-electron chi connectivity index (χ3n) is 2.90. The fraction of sp³-hybridized carbons (Fsp3) is 0.385. The van der Waals surface area contributed by atoms with E-state index in [-0.39, 0.29) is 11.2 Å². The van der Waals surface area contributed by atoms with Crippen molar-refractivity contribution in [3.8, 4) is 0 Å². The quantitative estimate of drug-likeness (QED) is 0.680. The first kappa shape index (κ1) is 13.1. The zero-order valence-corrected chi connectivity index (χ0v) is 11.6. The minimum atomic E-state index is -0.322. The highest BCUT2D eigenvalue weighted by molar-refractivity contribution is 9.09. The van der Waals surface area contributed by atoms with Crippen molar-refractivity contribution in [2.24, 2.45) is 0 Å². The topological polar surface area (TPSA) is 54.9 Å². The van der Waals surface area contributed by atoms with Crippen molar-refractivity contribution in [1.82, 2.24) is 9.55 Å². The monoisotopic (exact) mass is 310 g/mol. The van der Waals surface area contributed by atoms with Crippen molar-refractivity contribution < 1.29 is 0 Å². The number of unbranched alkanes of at least 4 members (excludes halogenated alkanes) is 2. The van der Waals surface area contributed by atoms with E-state index >= 15 is 0 Å². The molecule has 0 unspecified atom stereocenters. The number of hydrogen-bond donors (Lipinski definition) is 1. The second-order valence-electron chi connectivity index (χ2n) is 4.18. The summed E-state index contributed by atoms with van der Waals surface area (Å²) in [5.41, 5.74) is 0.0787. The first-order valence-electron chi connectivity index (χ1n) is 6.02. The van der Waals surface area contributed by atoms with Gasteiger partial charge in [0, 0.05) is 11.9 Å². The Morgan fingerprint density at radius 1 is 1.11 bits per heavy atom. The average molecular weight is 311 g/mol. The first-order valence-corrected chi connectivity index (χ1v) is 7.14. The molecule has 0 aliphatic carbocycles. The van der Waals surface area contributed by atoms with Gasteiger partial charge in [-0.25, -0.2) is 4.79 Å². The molecule has 0 saturated carbocycles. The van der Waals surface area contributed by atoms with Crippen LogP contribution in [0, 0.1) is 0 Å². The van der Waals surface area contributed by atoms with Gasteiger partial charge < -0.3 is 4.98 Å². The second kappa shape index (κ2) is 6.00. The van der Waals surface area contributed by atoms with E-state index in [2.05, 4.69) is 20.9 Å². The first-order chi connectivity index (χ1) is 8.74. The maximum atomic E-state index is 12.1. The minimum Gasteiger partial charge on any atom is -0.307 e. The molecule has 96 valence electrons. The van der Waals surface area contributed by atoms with Crippen LogP contribution in [0.25, 0.3) is 10.9 Å². The molecule has 1 heterocycles. The van der Waals surface area contributed by atoms with E-state index in [9.17, 15) is 9.59 Å². The SMILES string of the molecule is O=c1[nH]c2ccccc2c(=O)n1CCCCCBr. The number of nitrogens with zero attached hydrogens (tertiary/aromatic N) is 1. The molecule has 0 bridgehead atoms. The van der Waals surface area contributed by atoms with Gasteiger partial charge in [0.1, 0.15) is 0 Å². The molecule has 2 rings (SSSR count). The van der Waals surface area contributed by atoms with Crippen molar-refractivity contribution in [3.05, 3.63) is 45.1 Å². The Hall–Kier alpha value is -1.36. The Morgan fingerprint density at radius 3 is 2.67 bits per heavy atom. The Bertz CT molecular complexity index is 645. The van der Waals surface area contributed by atoms with Gasteiger partial charge in [-0.05, 0) is 25.0 Å². The van der Waals surface area contributed by atoms with E-state index in [1.165, 1.54) is 4.57 Å². The molecule has 0 amide bonds. The number of nitrogens with one attached hydrogen (secondary N) is 1. The van der Waals surface area contributed by atoms with Crippen molar-refractivity contribution in [3.63, 3.8) is 0 Å². The summed E-state index contributed by atoms with van der Waals surface area (Å²) in [6.07, 6.45) is 2.90. The lowest BCUT2D eigenvalue weighted by Crippen LogP contribution is -2.35. The van der Waals surface area contributed by atoms with E-state index in [0.717, 1.165) is 24.6 Å². The van der Waals surface area contributed by atoms with Gasteiger partial charge in [-0.1, -0.05) is 34.5 Å². The van der Waals surface area contributed by atoms with Crippen LogP contribution >= 0.6 is 15.9 Å². The molecule has 0 spiro atoms. The van der Waals surface area contributed by atoms with Crippen LogP contribution in [0.5, 0.6) is 0 Å². The van der Waals surface area contributed by atoms with Crippen molar-refractivity contribution >= 4 is 26.8 Å². The number of H-pyrrole nitrogens is 1. The van der Waals surface area contributed by atoms with Gasteiger partial charge >= 0.3 is 5.69 Å². The largest absolute Gasteiger partial charge is 0.328 e. The van der Waals surface area contributed by atoms with Gasteiger partial charge in [0.05, 0.1) is 10.9 Å². The summed E-state index contributed by atoms with van der Waals surface area (Å²) in [5, 5.41) is 1.52. The van der Waals surface area contributed by atoms with E-state index in [1.54, 1.807) is 24.3 Å². The normalized spacial score (nSPS) is 10.9. The summed E-state index contributed by atoms with van der Waals surface area (Å²) >= 11 is 3.36. The van der Waals surface area contributed by atoms with Gasteiger partial charge in [0.15, 0.2) is 0 Å². The summed E-state index contributed by atoms with van der Waals surface area (Å²) in [7, 11) is 0. The van der Waals surface area contributed by atoms with Crippen LogP contribution in [0.15, 0.2) is 33.9 Å². The highest BCUT2D eigenvalue weighted by Crippen LogP contribution is 2.04. The van der Waals surface area contributed by atoms with E-state index < -0.39 is 0 Å². The van der Waals surface area contributed by atoms with Gasteiger partial charge in [-0.15, -0.1) is 0 Å². The van der Waals surface area contributed by atoms with Crippen LogP contribution in [-0.4, -0.2) is 14.9 Å². The summed E-state index contributed by atoms with van der Waals surface area (Å²) in [5.74, 6) is 0. The smallest absolute Gasteiger partial charge is 0.307 e. The van der Waals surface area contributed by atoms with Gasteiger partial charge in [-0.2, -0.15) is 0 Å². The fourth-order valence-electron chi connectivity index (χ4n) is 1.94. The molecular formula is C13H15BrN2O2. The van der Waals surface area contributed by atoms with E-state index in [4.69, 9.17) is 0 Å². The second-order valence-corrected chi connectivity index (χ2v) is 4.98. The molecule has 0 saturated heterocycles. The molecule has 2 aromatic rings. The van der Waals surface area contributed by atoms with Crippen LogP contribution in [-0.2, 0) is 6.54 Å². The lowest BCUT2D eigenvalue weighted by Gasteiger charge is -2.05. The molecule has 1 aromatic carbocycles. The third kappa shape index (κ3) is 2.72. The number of alkyl halides is 1. The van der Waals surface area contributed by atoms with Crippen LogP contribution < -0.4 is 11.2 Å². The molecule has 1 N–H and O–H groups in total. The molecular weight excluding hydrogens is 296 g/mol. The number of rotatable bonds is 5. The Kier molecular flexibility index (Phi) is 4.36. The lowest BCUT2D eigenvalue weighted by molar-refractivity contribution is 0.570. The highest BCUT2D eigenvalue weighted by Gasteiger charge is 2.06. The number of para-hydroxylation sites is 1. The molecule has 0 atom stereocenters. The highest BCUT2D eigenvalue weighted by atomic mass is 79.9. The predicted octanol–water partition coefficient (Wildman–Crippen LogP) is 2.26. The number of benzene rings is 1. The van der Waals surface area contributed by atoms with Crippen molar-refractivity contribution in [1.29, 1.82) is 0 Å². The standard InChI is InChI=1S/C13H15BrN2O2/c14-8-4-1-5-9-16-12(17)10-6-2-3-7-11(10)15-13(16)18/h2-3,6-7H,1,4-5,8-9H2,(H,15,18). The number of halogens is 1. The van der Waals surface area contributed by atoms with Gasteiger partial charge in [0.2, 0.25) is 0 Å². The molecule has 4 nitrogen and oxygen atoms in total. The average Bonchev–Trinajstić information content (AvgIpc) is 2.38. The van der Waals surface area contributed by atoms with Gasteiger partial charge in [0.25, 0.3) is 5.56 Å². The summed E-state index contributed by atoms with van der Waals surface area (Å²) in [4.78, 5) is 26.7. The molecule has 0 aliphatic heterocycles. The maximum absolute atomic E-state index is 12.1. The number of aromatic amines is 1. The van der Waals surface area contributed by atoms with E-state index in [0.29, 0.717) is 17.4 Å². The minimum absolute atomic E-state index is 0.201. The Labute approximate surface area is 113 Å². The number of hydrogen-bond acceptors (Lipinski definition) is 2. The molecule has 5 heteroatoms. The molecule has 0 fully saturated rings. The Morgan fingerprint density at radius 2 is 1.89 bits per heavy atom. The van der Waals surface area contributed by atoms with E-state index in [1.807, 2.05) is 0 Å². The molecule has 1 aromatic heterocycles. The number of aromatic nitrogens is 2. The molecule has 0 aliphatic rings. The van der Waals surface area contributed by atoms with Crippen molar-refractivity contribution in [2.75, 3.05) is 5.33 Å². The van der Waals surface area contributed by atoms with Crippen LogP contribution in [0.2, 0.25) is 0 Å². The zero-order valence-electron chi connectivity index (χ0n) is 9.99. The van der Waals surface area contributed by atoms with Crippen LogP contribution in [0.1, 0.15) is 19.3 Å². The Balaban J connectivity index is 2.33. The van der Waals surface area contributed by atoms with Gasteiger partial charge in [-0.3, -0.25) is 9.36 Å². The third-order valence-corrected chi connectivity index (χ3v) is 3.47. The van der Waals surface area contributed by atoms with Crippen LogP contribution in [0.4, 0.5) is 0 Å². The van der Waals surface area contributed by atoms with Crippen molar-refractivity contribution in [2.45, 2.75) is 25.8 Å². The predicted molar refractivity (Wildman–Crippen MR) is 76.5 cm³/mol. The maximum Gasteiger partial charge on any atom is 0.328 e. The van der Waals surface area contributed by atoms with Crippen LogP contribution in [0.3, 0.4) is 0 Å². The summed E-state index contributed by atoms with van der Waals surface area (Å²) < 4.78 is 1.29. The summed E-state index contributed by atoms with van der Waals surface area (Å²) in [6.45, 7) is 0.478. The fourth-order valence-corrected chi connectivity index (χ4v) is 2.34. The molecule has 18 heavy (non-hydrogen) atoms. The lowest BCUT2D eigenvalue weighted by atomic mass is 10.2.